The largest absolute Gasteiger partial charge is 0.469 e. The zero-order valence-corrected chi connectivity index (χ0v) is 6.04. The summed E-state index contributed by atoms with van der Waals surface area (Å²) < 4.78 is 4.51. The Labute approximate surface area is 60.0 Å². The number of hydrogen-bond donors (Lipinski definition) is 1. The average Bonchev–Trinajstić information content (AvgIpc) is 2.73. The molecule has 1 saturated carbocycles. The molecule has 58 valence electrons. The van der Waals surface area contributed by atoms with Gasteiger partial charge in [0.2, 0.25) is 0 Å². The van der Waals surface area contributed by atoms with Crippen molar-refractivity contribution in [3.63, 3.8) is 0 Å². The molecular weight excluding hydrogens is 132 g/mol. The van der Waals surface area contributed by atoms with Crippen molar-refractivity contribution < 1.29 is 14.6 Å². The molecule has 0 radical (unpaired) electrons. The van der Waals surface area contributed by atoms with E-state index in [0.717, 1.165) is 12.8 Å². The summed E-state index contributed by atoms with van der Waals surface area (Å²) in [5, 5.41) is 8.74. The van der Waals surface area contributed by atoms with E-state index in [1.54, 1.807) is 0 Å². The fourth-order valence-electron chi connectivity index (χ4n) is 1.07. The molecule has 0 amide bonds. The van der Waals surface area contributed by atoms with Gasteiger partial charge < -0.3 is 9.84 Å². The Kier molecular flexibility index (Phi) is 2.27. The Bertz CT molecular complexity index is 129. The Hall–Kier alpha value is -0.570. The van der Waals surface area contributed by atoms with Crippen molar-refractivity contribution >= 4 is 5.97 Å². The van der Waals surface area contributed by atoms with Crippen LogP contribution in [0.5, 0.6) is 0 Å². The molecule has 1 aliphatic carbocycles. The molecule has 0 aromatic heterocycles. The molecular formula is C7H12O3. The molecule has 1 N–H and O–H groups in total. The van der Waals surface area contributed by atoms with E-state index in [-0.39, 0.29) is 18.5 Å². The van der Waals surface area contributed by atoms with Crippen molar-refractivity contribution in [2.24, 2.45) is 11.8 Å². The van der Waals surface area contributed by atoms with Gasteiger partial charge in [0.1, 0.15) is 0 Å². The van der Waals surface area contributed by atoms with E-state index in [2.05, 4.69) is 4.74 Å². The monoisotopic (exact) mass is 144 g/mol. The van der Waals surface area contributed by atoms with Gasteiger partial charge in [-0.1, -0.05) is 0 Å². The maximum absolute atomic E-state index is 10.8. The minimum atomic E-state index is -0.273. The van der Waals surface area contributed by atoms with Gasteiger partial charge in [0.25, 0.3) is 0 Å². The molecule has 0 heterocycles. The van der Waals surface area contributed by atoms with E-state index >= 15 is 0 Å². The molecule has 0 aliphatic heterocycles. The smallest absolute Gasteiger partial charge is 0.311 e. The second-order valence-electron chi connectivity index (χ2n) is 2.65. The molecule has 0 bridgehead atoms. The molecule has 1 atom stereocenters. The van der Waals surface area contributed by atoms with Gasteiger partial charge in [0, 0.05) is 0 Å². The van der Waals surface area contributed by atoms with Crippen molar-refractivity contribution in [1.82, 2.24) is 0 Å². The summed E-state index contributed by atoms with van der Waals surface area (Å²) in [7, 11) is 1.35. The van der Waals surface area contributed by atoms with E-state index in [9.17, 15) is 4.79 Å². The summed E-state index contributed by atoms with van der Waals surface area (Å²) in [6, 6.07) is 0. The molecule has 1 fully saturated rings. The number of aliphatic hydroxyl groups is 1. The third-order valence-electron chi connectivity index (χ3n) is 1.89. The van der Waals surface area contributed by atoms with Gasteiger partial charge in [-0.3, -0.25) is 4.79 Å². The molecule has 10 heavy (non-hydrogen) atoms. The van der Waals surface area contributed by atoms with Crippen molar-refractivity contribution in [1.29, 1.82) is 0 Å². The van der Waals surface area contributed by atoms with Crippen LogP contribution >= 0.6 is 0 Å². The fraction of sp³-hybridized carbons (Fsp3) is 0.857. The van der Waals surface area contributed by atoms with Gasteiger partial charge >= 0.3 is 5.97 Å². The third-order valence-corrected chi connectivity index (χ3v) is 1.89. The summed E-state index contributed by atoms with van der Waals surface area (Å²) in [4.78, 5) is 10.8. The van der Waals surface area contributed by atoms with Crippen LogP contribution in [-0.2, 0) is 9.53 Å². The first kappa shape index (κ1) is 7.54. The molecule has 0 spiro atoms. The fourth-order valence-corrected chi connectivity index (χ4v) is 1.07. The van der Waals surface area contributed by atoms with Crippen LogP contribution in [0.2, 0.25) is 0 Å². The SMILES string of the molecule is COC(=O)C(CO)C1CC1. The highest BCUT2D eigenvalue weighted by molar-refractivity contribution is 5.73. The zero-order valence-electron chi connectivity index (χ0n) is 6.04. The van der Waals surface area contributed by atoms with E-state index in [1.165, 1.54) is 7.11 Å². The minimum Gasteiger partial charge on any atom is -0.469 e. The van der Waals surface area contributed by atoms with Crippen LogP contribution in [0.15, 0.2) is 0 Å². The van der Waals surface area contributed by atoms with Crippen molar-refractivity contribution in [2.45, 2.75) is 12.8 Å². The molecule has 0 aromatic rings. The van der Waals surface area contributed by atoms with Crippen LogP contribution in [0.1, 0.15) is 12.8 Å². The average molecular weight is 144 g/mol. The van der Waals surface area contributed by atoms with Crippen LogP contribution in [0, 0.1) is 11.8 Å². The lowest BCUT2D eigenvalue weighted by molar-refractivity contribution is -0.147. The minimum absolute atomic E-state index is 0.0721. The summed E-state index contributed by atoms with van der Waals surface area (Å²) in [6.45, 7) is -0.0721. The Morgan fingerprint density at radius 3 is 2.70 bits per heavy atom. The number of aliphatic hydroxyl groups excluding tert-OH is 1. The lowest BCUT2D eigenvalue weighted by Crippen LogP contribution is -2.21. The van der Waals surface area contributed by atoms with Crippen molar-refractivity contribution in [2.75, 3.05) is 13.7 Å². The first-order valence-corrected chi connectivity index (χ1v) is 3.48. The topological polar surface area (TPSA) is 46.5 Å². The predicted octanol–water partition coefficient (Wildman–Crippen LogP) is 0.178. The Morgan fingerprint density at radius 1 is 1.80 bits per heavy atom. The van der Waals surface area contributed by atoms with Gasteiger partial charge in [0.05, 0.1) is 19.6 Å². The number of rotatable bonds is 3. The van der Waals surface area contributed by atoms with Crippen LogP contribution in [0.3, 0.4) is 0 Å². The van der Waals surface area contributed by atoms with Gasteiger partial charge in [-0.05, 0) is 18.8 Å². The van der Waals surface area contributed by atoms with E-state index in [0.29, 0.717) is 5.92 Å². The van der Waals surface area contributed by atoms with Crippen LogP contribution in [0.25, 0.3) is 0 Å². The van der Waals surface area contributed by atoms with Gasteiger partial charge in [-0.25, -0.2) is 0 Å². The van der Waals surface area contributed by atoms with Crippen LogP contribution in [-0.4, -0.2) is 24.8 Å². The third kappa shape index (κ3) is 1.48. The van der Waals surface area contributed by atoms with E-state index in [1.807, 2.05) is 0 Å². The molecule has 1 aliphatic rings. The first-order chi connectivity index (χ1) is 4.79. The standard InChI is InChI=1S/C7H12O3/c1-10-7(9)6(4-8)5-2-3-5/h5-6,8H,2-4H2,1H3. The summed E-state index contributed by atoms with van der Waals surface area (Å²) >= 11 is 0. The molecule has 3 heteroatoms. The molecule has 3 nitrogen and oxygen atoms in total. The zero-order chi connectivity index (χ0) is 7.56. The predicted molar refractivity (Wildman–Crippen MR) is 35.3 cm³/mol. The second-order valence-corrected chi connectivity index (χ2v) is 2.65. The Morgan fingerprint density at radius 2 is 2.40 bits per heavy atom. The number of esters is 1. The summed E-state index contributed by atoms with van der Waals surface area (Å²) in [5.74, 6) is -0.146. The van der Waals surface area contributed by atoms with Gasteiger partial charge in [-0.2, -0.15) is 0 Å². The van der Waals surface area contributed by atoms with Crippen molar-refractivity contribution in [3.8, 4) is 0 Å². The lowest BCUT2D eigenvalue weighted by atomic mass is 10.1. The number of hydrogen-bond acceptors (Lipinski definition) is 3. The van der Waals surface area contributed by atoms with E-state index in [4.69, 9.17) is 5.11 Å². The molecule has 0 saturated heterocycles. The Balaban J connectivity index is 2.38. The highest BCUT2D eigenvalue weighted by atomic mass is 16.5. The lowest BCUT2D eigenvalue weighted by Gasteiger charge is -2.08. The maximum Gasteiger partial charge on any atom is 0.311 e. The highest BCUT2D eigenvalue weighted by Gasteiger charge is 2.36. The van der Waals surface area contributed by atoms with E-state index < -0.39 is 0 Å². The summed E-state index contributed by atoms with van der Waals surface area (Å²) in [5.41, 5.74) is 0. The van der Waals surface area contributed by atoms with Gasteiger partial charge in [0.15, 0.2) is 0 Å². The molecule has 0 aromatic carbocycles. The number of carbonyl (C=O) groups excluding carboxylic acids is 1. The summed E-state index contributed by atoms with van der Waals surface area (Å²) in [6.07, 6.45) is 2.11. The van der Waals surface area contributed by atoms with Crippen LogP contribution in [0.4, 0.5) is 0 Å². The second kappa shape index (κ2) is 3.01. The molecule has 1 unspecified atom stereocenters. The number of carbonyl (C=O) groups is 1. The molecule has 1 rings (SSSR count). The maximum atomic E-state index is 10.8. The van der Waals surface area contributed by atoms with Gasteiger partial charge in [-0.15, -0.1) is 0 Å². The van der Waals surface area contributed by atoms with Crippen LogP contribution < -0.4 is 0 Å². The highest BCUT2D eigenvalue weighted by Crippen LogP contribution is 2.36. The normalized spacial score (nSPS) is 20.2. The quantitative estimate of drug-likeness (QED) is 0.575. The van der Waals surface area contributed by atoms with Crippen molar-refractivity contribution in [3.05, 3.63) is 0 Å². The number of ether oxygens (including phenoxy) is 1. The first-order valence-electron chi connectivity index (χ1n) is 3.48. The number of methoxy groups -OCH3 is 1.